The minimum Gasteiger partial charge on any atom is -0.484 e. The molecule has 3 rings (SSSR count). The zero-order valence-electron chi connectivity index (χ0n) is 24.0. The smallest absolute Gasteiger partial charge is 0.410 e. The lowest BCUT2D eigenvalue weighted by Crippen LogP contribution is -2.41. The SMILES string of the molecule is Cc1nc(CCCC2CCN(C(=O)OC(C)(C)C)CC2)nc(C(=O)OC(C)(C)C)c1OCc1ccccc1. The maximum absolute atomic E-state index is 13.1. The van der Waals surface area contributed by atoms with E-state index in [1.165, 1.54) is 0 Å². The lowest BCUT2D eigenvalue weighted by molar-refractivity contribution is 0.00560. The predicted molar refractivity (Wildman–Crippen MR) is 146 cm³/mol. The average molecular weight is 526 g/mol. The highest BCUT2D eigenvalue weighted by Crippen LogP contribution is 2.27. The van der Waals surface area contributed by atoms with Gasteiger partial charge >= 0.3 is 12.1 Å². The second-order valence-electron chi connectivity index (χ2n) is 12.0. The number of rotatable bonds is 8. The number of piperidine rings is 1. The number of aromatic nitrogens is 2. The largest absolute Gasteiger partial charge is 0.484 e. The molecule has 208 valence electrons. The van der Waals surface area contributed by atoms with Gasteiger partial charge in [-0.3, -0.25) is 0 Å². The molecule has 0 saturated carbocycles. The monoisotopic (exact) mass is 525 g/mol. The molecule has 1 aromatic heterocycles. The van der Waals surface area contributed by atoms with Crippen LogP contribution in [0.5, 0.6) is 5.75 Å². The molecule has 0 N–H and O–H groups in total. The van der Waals surface area contributed by atoms with E-state index in [1.807, 2.05) is 78.8 Å². The van der Waals surface area contributed by atoms with Gasteiger partial charge in [-0.2, -0.15) is 0 Å². The highest BCUT2D eigenvalue weighted by molar-refractivity contribution is 5.90. The number of carbonyl (C=O) groups excluding carboxylic acids is 2. The summed E-state index contributed by atoms with van der Waals surface area (Å²) < 4.78 is 17.2. The van der Waals surface area contributed by atoms with Gasteiger partial charge in [0.2, 0.25) is 0 Å². The third-order valence-electron chi connectivity index (χ3n) is 6.18. The Morgan fingerprint density at radius 2 is 1.58 bits per heavy atom. The molecule has 1 aliphatic heterocycles. The van der Waals surface area contributed by atoms with E-state index < -0.39 is 17.2 Å². The molecule has 1 aromatic carbocycles. The van der Waals surface area contributed by atoms with Crippen LogP contribution in [0.3, 0.4) is 0 Å². The van der Waals surface area contributed by atoms with Gasteiger partial charge in [0.15, 0.2) is 11.4 Å². The van der Waals surface area contributed by atoms with Crippen molar-refractivity contribution in [3.8, 4) is 5.75 Å². The summed E-state index contributed by atoms with van der Waals surface area (Å²) in [5.74, 6) is 0.999. The number of hydrogen-bond donors (Lipinski definition) is 0. The molecule has 1 saturated heterocycles. The molecule has 1 fully saturated rings. The predicted octanol–water partition coefficient (Wildman–Crippen LogP) is 6.29. The fourth-order valence-corrected chi connectivity index (χ4v) is 4.38. The molecule has 8 nitrogen and oxygen atoms in total. The van der Waals surface area contributed by atoms with E-state index in [0.717, 1.165) is 31.2 Å². The van der Waals surface area contributed by atoms with E-state index in [2.05, 4.69) is 9.97 Å². The van der Waals surface area contributed by atoms with Gasteiger partial charge in [-0.05, 0) is 85.6 Å². The van der Waals surface area contributed by atoms with Crippen LogP contribution in [0, 0.1) is 12.8 Å². The van der Waals surface area contributed by atoms with Crippen molar-refractivity contribution >= 4 is 12.1 Å². The van der Waals surface area contributed by atoms with Crippen LogP contribution in [0.15, 0.2) is 30.3 Å². The number of ether oxygens (including phenoxy) is 3. The lowest BCUT2D eigenvalue weighted by atomic mass is 9.91. The van der Waals surface area contributed by atoms with E-state index >= 15 is 0 Å². The highest BCUT2D eigenvalue weighted by Gasteiger charge is 2.28. The van der Waals surface area contributed by atoms with Gasteiger partial charge in [-0.15, -0.1) is 0 Å². The topological polar surface area (TPSA) is 90.9 Å². The molecule has 0 aliphatic carbocycles. The Morgan fingerprint density at radius 1 is 0.947 bits per heavy atom. The third-order valence-corrected chi connectivity index (χ3v) is 6.18. The molecular weight excluding hydrogens is 482 g/mol. The number of amides is 1. The van der Waals surface area contributed by atoms with Gasteiger partial charge < -0.3 is 19.1 Å². The molecule has 0 bridgehead atoms. The molecule has 2 aromatic rings. The van der Waals surface area contributed by atoms with Crippen molar-refractivity contribution < 1.29 is 23.8 Å². The first-order chi connectivity index (χ1) is 17.8. The summed E-state index contributed by atoms with van der Waals surface area (Å²) >= 11 is 0. The average Bonchev–Trinajstić information content (AvgIpc) is 2.82. The lowest BCUT2D eigenvalue weighted by Gasteiger charge is -2.33. The van der Waals surface area contributed by atoms with Crippen LogP contribution < -0.4 is 4.74 Å². The van der Waals surface area contributed by atoms with Crippen LogP contribution >= 0.6 is 0 Å². The van der Waals surface area contributed by atoms with Gasteiger partial charge in [0.25, 0.3) is 0 Å². The van der Waals surface area contributed by atoms with E-state index in [0.29, 0.717) is 49.3 Å². The van der Waals surface area contributed by atoms with Gasteiger partial charge in [0.1, 0.15) is 23.6 Å². The maximum Gasteiger partial charge on any atom is 0.410 e. The summed E-state index contributed by atoms with van der Waals surface area (Å²) in [6, 6.07) is 9.77. The second-order valence-corrected chi connectivity index (χ2v) is 12.0. The van der Waals surface area contributed by atoms with Crippen LogP contribution in [-0.2, 0) is 22.5 Å². The number of esters is 1. The van der Waals surface area contributed by atoms with Crippen LogP contribution in [0.2, 0.25) is 0 Å². The minimum absolute atomic E-state index is 0.170. The molecule has 0 atom stereocenters. The molecule has 0 unspecified atom stereocenters. The Morgan fingerprint density at radius 3 is 2.18 bits per heavy atom. The number of benzene rings is 1. The number of hydrogen-bond acceptors (Lipinski definition) is 7. The maximum atomic E-state index is 13.1. The van der Waals surface area contributed by atoms with Gasteiger partial charge in [0, 0.05) is 19.5 Å². The Labute approximate surface area is 227 Å². The first kappa shape index (κ1) is 29.4. The first-order valence-electron chi connectivity index (χ1n) is 13.6. The zero-order valence-corrected chi connectivity index (χ0v) is 24.0. The van der Waals surface area contributed by atoms with Crippen LogP contribution in [-0.4, -0.2) is 51.2 Å². The van der Waals surface area contributed by atoms with Crippen LogP contribution in [0.1, 0.15) is 94.8 Å². The molecule has 0 spiro atoms. The quantitative estimate of drug-likeness (QED) is 0.374. The van der Waals surface area contributed by atoms with Crippen molar-refractivity contribution in [1.29, 1.82) is 0 Å². The summed E-state index contributed by atoms with van der Waals surface area (Å²) in [5, 5.41) is 0. The zero-order chi connectivity index (χ0) is 27.9. The van der Waals surface area contributed by atoms with E-state index in [9.17, 15) is 9.59 Å². The van der Waals surface area contributed by atoms with E-state index in [1.54, 1.807) is 4.90 Å². The number of likely N-dealkylation sites (tertiary alicyclic amines) is 1. The molecular formula is C30H43N3O5. The van der Waals surface area contributed by atoms with Gasteiger partial charge in [-0.1, -0.05) is 30.3 Å². The summed E-state index contributed by atoms with van der Waals surface area (Å²) in [5.41, 5.74) is 0.651. The number of nitrogens with zero attached hydrogens (tertiary/aromatic N) is 3. The van der Waals surface area contributed by atoms with Crippen molar-refractivity contribution in [2.24, 2.45) is 5.92 Å². The van der Waals surface area contributed by atoms with Gasteiger partial charge in [0.05, 0.1) is 5.69 Å². The Bertz CT molecular complexity index is 1080. The molecule has 0 radical (unpaired) electrons. The second kappa shape index (κ2) is 12.6. The molecule has 8 heteroatoms. The van der Waals surface area contributed by atoms with Crippen molar-refractivity contribution in [3.05, 3.63) is 53.1 Å². The molecule has 1 aliphatic rings. The van der Waals surface area contributed by atoms with Crippen molar-refractivity contribution in [2.45, 2.75) is 98.4 Å². The van der Waals surface area contributed by atoms with Crippen molar-refractivity contribution in [2.75, 3.05) is 13.1 Å². The summed E-state index contributed by atoms with van der Waals surface area (Å²) in [7, 11) is 0. The fourth-order valence-electron chi connectivity index (χ4n) is 4.38. The summed E-state index contributed by atoms with van der Waals surface area (Å²) in [4.78, 5) is 36.4. The number of carbonyl (C=O) groups is 2. The fraction of sp³-hybridized carbons (Fsp3) is 0.600. The van der Waals surface area contributed by atoms with E-state index in [-0.39, 0.29) is 11.8 Å². The molecule has 2 heterocycles. The van der Waals surface area contributed by atoms with Crippen LogP contribution in [0.25, 0.3) is 0 Å². The van der Waals surface area contributed by atoms with Crippen LogP contribution in [0.4, 0.5) is 4.79 Å². The highest BCUT2D eigenvalue weighted by atomic mass is 16.6. The Kier molecular flexibility index (Phi) is 9.74. The van der Waals surface area contributed by atoms with Gasteiger partial charge in [-0.25, -0.2) is 19.6 Å². The standard InChI is InChI=1S/C30H43N3O5/c1-21-26(36-20-23-12-9-8-10-13-23)25(27(34)37-29(2,3)4)32-24(31-21)15-11-14-22-16-18-33(19-17-22)28(35)38-30(5,6)7/h8-10,12-13,22H,11,14-20H2,1-7H3. The first-order valence-corrected chi connectivity index (χ1v) is 13.6. The Hall–Kier alpha value is -3.16. The summed E-state index contributed by atoms with van der Waals surface area (Å²) in [6.07, 6.45) is 4.24. The Balaban J connectivity index is 1.61. The van der Waals surface area contributed by atoms with Crippen molar-refractivity contribution in [3.63, 3.8) is 0 Å². The molecule has 38 heavy (non-hydrogen) atoms. The summed E-state index contributed by atoms with van der Waals surface area (Å²) in [6.45, 7) is 14.7. The van der Waals surface area contributed by atoms with E-state index in [4.69, 9.17) is 14.2 Å². The third kappa shape index (κ3) is 9.30. The normalized spacial score (nSPS) is 14.8. The molecule has 1 amide bonds. The van der Waals surface area contributed by atoms with Crippen molar-refractivity contribution in [1.82, 2.24) is 14.9 Å². The minimum atomic E-state index is -0.652. The number of aryl methyl sites for hydroxylation is 2.